The molecule has 0 aliphatic rings. The summed E-state index contributed by atoms with van der Waals surface area (Å²) in [6, 6.07) is 15.0. The van der Waals surface area contributed by atoms with Crippen LogP contribution in [0.25, 0.3) is 10.9 Å². The number of aromatic nitrogens is 3. The summed E-state index contributed by atoms with van der Waals surface area (Å²) in [6.45, 7) is 5.23. The van der Waals surface area contributed by atoms with Crippen molar-refractivity contribution in [1.29, 1.82) is 0 Å². The Hall–Kier alpha value is -3.02. The molecule has 25 heavy (non-hydrogen) atoms. The molecule has 0 spiro atoms. The van der Waals surface area contributed by atoms with Crippen LogP contribution in [0.3, 0.4) is 0 Å². The number of fused-ring (bicyclic) bond motifs is 1. The van der Waals surface area contributed by atoms with E-state index in [1.165, 1.54) is 0 Å². The van der Waals surface area contributed by atoms with Crippen molar-refractivity contribution in [2.24, 2.45) is 5.92 Å². The minimum atomic E-state index is -0.205. The molecule has 0 unspecified atom stereocenters. The molecule has 0 saturated heterocycles. The van der Waals surface area contributed by atoms with Crippen LogP contribution in [0.4, 0.5) is 10.6 Å². The molecule has 3 rings (SSSR count). The third-order valence-corrected chi connectivity index (χ3v) is 3.68. The molecule has 0 bridgehead atoms. The van der Waals surface area contributed by atoms with Crippen LogP contribution in [0.2, 0.25) is 0 Å². The van der Waals surface area contributed by atoms with E-state index in [4.69, 9.17) is 0 Å². The molecule has 0 aliphatic carbocycles. The molecule has 0 aliphatic heterocycles. The number of rotatable bonds is 5. The van der Waals surface area contributed by atoms with Crippen LogP contribution >= 0.6 is 0 Å². The van der Waals surface area contributed by atoms with Gasteiger partial charge in [0.05, 0.1) is 17.8 Å². The fourth-order valence-electron chi connectivity index (χ4n) is 2.58. The van der Waals surface area contributed by atoms with Gasteiger partial charge in [0.25, 0.3) is 0 Å². The molecule has 2 aromatic heterocycles. The molecular formula is C19H21N5O. The van der Waals surface area contributed by atoms with Crippen LogP contribution in [0.5, 0.6) is 0 Å². The predicted molar refractivity (Wildman–Crippen MR) is 98.0 cm³/mol. The van der Waals surface area contributed by atoms with E-state index in [2.05, 4.69) is 34.3 Å². The summed E-state index contributed by atoms with van der Waals surface area (Å²) < 4.78 is 0. The smallest absolute Gasteiger partial charge is 0.318 e. The average molecular weight is 335 g/mol. The predicted octanol–water partition coefficient (Wildman–Crippen LogP) is 3.71. The summed E-state index contributed by atoms with van der Waals surface area (Å²) in [7, 11) is 0. The molecule has 128 valence electrons. The maximum atomic E-state index is 12.7. The molecule has 6 nitrogen and oxygen atoms in total. The number of pyridine rings is 1. The summed E-state index contributed by atoms with van der Waals surface area (Å²) in [5.41, 5.74) is 1.65. The van der Waals surface area contributed by atoms with Gasteiger partial charge >= 0.3 is 6.03 Å². The highest BCUT2D eigenvalue weighted by molar-refractivity contribution is 5.90. The minimum Gasteiger partial charge on any atom is -0.318 e. The van der Waals surface area contributed by atoms with E-state index in [9.17, 15) is 4.79 Å². The first kappa shape index (κ1) is 16.8. The second-order valence-electron chi connectivity index (χ2n) is 6.31. The zero-order valence-electron chi connectivity index (χ0n) is 14.4. The van der Waals surface area contributed by atoms with Gasteiger partial charge in [-0.15, -0.1) is 10.2 Å². The molecule has 3 aromatic rings. The van der Waals surface area contributed by atoms with E-state index >= 15 is 0 Å². The van der Waals surface area contributed by atoms with Gasteiger partial charge in [-0.05, 0) is 30.2 Å². The van der Waals surface area contributed by atoms with E-state index in [-0.39, 0.29) is 6.03 Å². The fourth-order valence-corrected chi connectivity index (χ4v) is 2.58. The van der Waals surface area contributed by atoms with Crippen LogP contribution in [-0.4, -0.2) is 32.7 Å². The first-order chi connectivity index (χ1) is 12.1. The Balaban J connectivity index is 1.76. The van der Waals surface area contributed by atoms with Gasteiger partial charge in [-0.1, -0.05) is 38.1 Å². The molecule has 2 amide bonds. The summed E-state index contributed by atoms with van der Waals surface area (Å²) in [5.74, 6) is 0.788. The highest BCUT2D eigenvalue weighted by Gasteiger charge is 2.17. The van der Waals surface area contributed by atoms with Crippen molar-refractivity contribution in [1.82, 2.24) is 20.1 Å². The Bertz CT molecular complexity index is 851. The Morgan fingerprint density at radius 2 is 1.92 bits per heavy atom. The lowest BCUT2D eigenvalue weighted by atomic mass is 10.2. The van der Waals surface area contributed by atoms with Crippen LogP contribution in [0.15, 0.2) is 54.7 Å². The first-order valence-corrected chi connectivity index (χ1v) is 8.30. The number of anilines is 1. The van der Waals surface area contributed by atoms with E-state index in [1.54, 1.807) is 11.1 Å². The highest BCUT2D eigenvalue weighted by Crippen LogP contribution is 2.15. The molecule has 0 saturated carbocycles. The lowest BCUT2D eigenvalue weighted by Crippen LogP contribution is -2.37. The maximum Gasteiger partial charge on any atom is 0.323 e. The van der Waals surface area contributed by atoms with Gasteiger partial charge in [0.15, 0.2) is 5.82 Å². The number of urea groups is 1. The number of amides is 2. The Morgan fingerprint density at radius 3 is 2.68 bits per heavy atom. The van der Waals surface area contributed by atoms with Crippen molar-refractivity contribution in [3.63, 3.8) is 0 Å². The third-order valence-electron chi connectivity index (χ3n) is 3.68. The van der Waals surface area contributed by atoms with Crippen molar-refractivity contribution >= 4 is 22.8 Å². The molecule has 6 heteroatoms. The second kappa shape index (κ2) is 7.70. The van der Waals surface area contributed by atoms with Gasteiger partial charge in [0.1, 0.15) is 0 Å². The number of hydrogen-bond donors (Lipinski definition) is 1. The Kier molecular flexibility index (Phi) is 5.18. The van der Waals surface area contributed by atoms with Crippen LogP contribution < -0.4 is 5.32 Å². The second-order valence-corrected chi connectivity index (χ2v) is 6.31. The SMILES string of the molecule is CC(C)CN(Cc1ccccn1)C(=O)Nc1cc2ccccc2nn1. The van der Waals surface area contributed by atoms with Crippen LogP contribution in [0, 0.1) is 5.92 Å². The molecular weight excluding hydrogens is 314 g/mol. The summed E-state index contributed by atoms with van der Waals surface area (Å²) in [5, 5.41) is 12.0. The Morgan fingerprint density at radius 1 is 1.12 bits per heavy atom. The van der Waals surface area contributed by atoms with Crippen LogP contribution in [0.1, 0.15) is 19.5 Å². The van der Waals surface area contributed by atoms with Gasteiger partial charge in [-0.3, -0.25) is 10.3 Å². The highest BCUT2D eigenvalue weighted by atomic mass is 16.2. The zero-order chi connectivity index (χ0) is 17.6. The van der Waals surface area contributed by atoms with Crippen LogP contribution in [-0.2, 0) is 6.54 Å². The van der Waals surface area contributed by atoms with Crippen molar-refractivity contribution in [2.45, 2.75) is 20.4 Å². The maximum absolute atomic E-state index is 12.7. The third kappa shape index (κ3) is 4.50. The average Bonchev–Trinajstić information content (AvgIpc) is 2.61. The van der Waals surface area contributed by atoms with E-state index in [0.29, 0.717) is 24.8 Å². The molecule has 0 atom stereocenters. The largest absolute Gasteiger partial charge is 0.323 e. The van der Waals surface area contributed by atoms with E-state index < -0.39 is 0 Å². The standard InChI is InChI=1S/C19H21N5O/c1-14(2)12-24(13-16-8-5-6-10-20-16)19(25)21-18-11-15-7-3-4-9-17(15)22-23-18/h3-11,14H,12-13H2,1-2H3,(H,21,23,25). The summed E-state index contributed by atoms with van der Waals surface area (Å²) in [4.78, 5) is 18.8. The van der Waals surface area contributed by atoms with Gasteiger partial charge in [-0.25, -0.2) is 4.79 Å². The molecule has 2 heterocycles. The van der Waals surface area contributed by atoms with E-state index in [1.807, 2.05) is 48.5 Å². The number of carbonyl (C=O) groups excluding carboxylic acids is 1. The minimum absolute atomic E-state index is 0.205. The van der Waals surface area contributed by atoms with Crippen molar-refractivity contribution < 1.29 is 4.79 Å². The Labute approximate surface area is 146 Å². The van der Waals surface area contributed by atoms with E-state index in [0.717, 1.165) is 16.6 Å². The first-order valence-electron chi connectivity index (χ1n) is 8.30. The van der Waals surface area contributed by atoms with Crippen molar-refractivity contribution in [2.75, 3.05) is 11.9 Å². The number of nitrogens with one attached hydrogen (secondary N) is 1. The molecule has 0 radical (unpaired) electrons. The summed E-state index contributed by atoms with van der Waals surface area (Å²) >= 11 is 0. The van der Waals surface area contributed by atoms with Crippen molar-refractivity contribution in [3.05, 3.63) is 60.4 Å². The lowest BCUT2D eigenvalue weighted by Gasteiger charge is -2.24. The van der Waals surface area contributed by atoms with Gasteiger partial charge in [-0.2, -0.15) is 0 Å². The normalized spacial score (nSPS) is 10.8. The molecule has 1 N–H and O–H groups in total. The zero-order valence-corrected chi connectivity index (χ0v) is 14.4. The van der Waals surface area contributed by atoms with Gasteiger partial charge < -0.3 is 4.90 Å². The number of nitrogens with zero attached hydrogens (tertiary/aromatic N) is 4. The molecule has 1 aromatic carbocycles. The molecule has 0 fully saturated rings. The van der Waals surface area contributed by atoms with Crippen molar-refractivity contribution in [3.8, 4) is 0 Å². The topological polar surface area (TPSA) is 71.0 Å². The summed E-state index contributed by atoms with van der Waals surface area (Å²) in [6.07, 6.45) is 1.73. The van der Waals surface area contributed by atoms with Gasteiger partial charge in [0.2, 0.25) is 0 Å². The quantitative estimate of drug-likeness (QED) is 0.771. The monoisotopic (exact) mass is 335 g/mol. The fraction of sp³-hybridized carbons (Fsp3) is 0.263. The number of hydrogen-bond acceptors (Lipinski definition) is 4. The number of carbonyl (C=O) groups is 1. The van der Waals surface area contributed by atoms with Gasteiger partial charge in [0, 0.05) is 18.1 Å². The number of benzene rings is 1. The lowest BCUT2D eigenvalue weighted by molar-refractivity contribution is 0.201.